The lowest BCUT2D eigenvalue weighted by molar-refractivity contribution is -0.205. The fourth-order valence-electron chi connectivity index (χ4n) is 8.01. The summed E-state index contributed by atoms with van der Waals surface area (Å²) in [5.74, 6) is -8.94. The number of benzene rings is 1. The summed E-state index contributed by atoms with van der Waals surface area (Å²) in [5.41, 5.74) is -2.94. The van der Waals surface area contributed by atoms with Gasteiger partial charge < -0.3 is 14.6 Å². The average Bonchev–Trinajstić information content (AvgIpc) is 3.33. The van der Waals surface area contributed by atoms with E-state index in [0.717, 1.165) is 6.92 Å². The number of phenolic OH excluding ortho intramolecular Hbond substituents is 1. The van der Waals surface area contributed by atoms with Gasteiger partial charge in [0.1, 0.15) is 17.5 Å². The van der Waals surface area contributed by atoms with Crippen molar-refractivity contribution in [3.8, 4) is 16.9 Å². The van der Waals surface area contributed by atoms with Gasteiger partial charge >= 0.3 is 0 Å². The lowest BCUT2D eigenvalue weighted by atomic mass is 9.39. The van der Waals surface area contributed by atoms with Crippen LogP contribution in [0.5, 0.6) is 5.75 Å². The van der Waals surface area contributed by atoms with Gasteiger partial charge in [-0.05, 0) is 66.8 Å². The first-order chi connectivity index (χ1) is 17.6. The van der Waals surface area contributed by atoms with Crippen LogP contribution in [0.2, 0.25) is 0 Å². The summed E-state index contributed by atoms with van der Waals surface area (Å²) >= 11 is 0. The molecule has 2 N–H and O–H groups in total. The molecule has 3 aliphatic carbocycles. The average molecular weight is 521 g/mol. The standard InChI is InChI=1S/C30H32O8/c1-13(2)21-24(33)19(15(4)31)26(35)30(37)27(36)22-25(34)20-18(10-28(22,5)12-29(21,30)6)17(9-14(3)23(20)32)16-7-8-38-11-16/h7-9,11,13,19,21-22,32,37H,10,12H2,1-6H3/t19?,21?,22?,28-,29-,30+/m1/s1. The SMILES string of the molecule is CC(=O)C1C(=O)C(C(C)C)[C@@]2(C)C[C@@]3(C)Cc4c(-c5ccoc5)cc(C)c(O)c4C(=O)C3C(=O)[C@@]2(O)C1=O. The summed E-state index contributed by atoms with van der Waals surface area (Å²) in [4.78, 5) is 68.1. The van der Waals surface area contributed by atoms with Crippen molar-refractivity contribution >= 4 is 28.9 Å². The van der Waals surface area contributed by atoms with Gasteiger partial charge in [0.05, 0.1) is 24.0 Å². The van der Waals surface area contributed by atoms with Gasteiger partial charge in [0.15, 0.2) is 28.7 Å². The van der Waals surface area contributed by atoms with E-state index in [1.165, 1.54) is 12.5 Å². The van der Waals surface area contributed by atoms with E-state index in [9.17, 15) is 34.2 Å². The Morgan fingerprint density at radius 2 is 1.79 bits per heavy atom. The molecule has 0 radical (unpaired) electrons. The third-order valence-corrected chi connectivity index (χ3v) is 9.40. The summed E-state index contributed by atoms with van der Waals surface area (Å²) in [6.07, 6.45) is 3.24. The lowest BCUT2D eigenvalue weighted by Crippen LogP contribution is -2.76. The maximum atomic E-state index is 14.3. The molecule has 2 aromatic rings. The monoisotopic (exact) mass is 520 g/mol. The number of carbonyl (C=O) groups is 5. The van der Waals surface area contributed by atoms with Crippen LogP contribution in [0, 0.1) is 41.4 Å². The highest BCUT2D eigenvalue weighted by Gasteiger charge is 2.76. The molecular weight excluding hydrogens is 488 g/mol. The molecule has 1 aromatic heterocycles. The van der Waals surface area contributed by atoms with Crippen LogP contribution in [0.1, 0.15) is 62.5 Å². The molecule has 1 aromatic carbocycles. The minimum Gasteiger partial charge on any atom is -0.507 e. The molecule has 0 amide bonds. The van der Waals surface area contributed by atoms with E-state index in [2.05, 4.69) is 0 Å². The van der Waals surface area contributed by atoms with Gasteiger partial charge in [0.25, 0.3) is 0 Å². The second-order valence-electron chi connectivity index (χ2n) is 12.3. The van der Waals surface area contributed by atoms with Gasteiger partial charge in [-0.15, -0.1) is 0 Å². The van der Waals surface area contributed by atoms with Crippen LogP contribution in [0.3, 0.4) is 0 Å². The van der Waals surface area contributed by atoms with Gasteiger partial charge in [-0.25, -0.2) is 0 Å². The van der Waals surface area contributed by atoms with E-state index in [4.69, 9.17) is 4.42 Å². The number of ketones is 5. The number of aromatic hydroxyl groups is 1. The number of Topliss-reactive ketones (excluding diaryl/α,β-unsaturated/α-hetero) is 5. The normalized spacial score (nSPS) is 34.7. The first-order valence-electron chi connectivity index (χ1n) is 12.9. The van der Waals surface area contributed by atoms with Gasteiger partial charge in [0, 0.05) is 16.9 Å². The molecule has 3 aliphatic rings. The first kappa shape index (κ1) is 26.2. The highest BCUT2D eigenvalue weighted by atomic mass is 16.3. The highest BCUT2D eigenvalue weighted by molar-refractivity contribution is 6.32. The van der Waals surface area contributed by atoms with E-state index in [1.807, 2.05) is 0 Å². The zero-order valence-electron chi connectivity index (χ0n) is 22.4. The van der Waals surface area contributed by atoms with Crippen molar-refractivity contribution in [3.05, 3.63) is 41.3 Å². The van der Waals surface area contributed by atoms with Gasteiger partial charge in [0.2, 0.25) is 0 Å². The van der Waals surface area contributed by atoms with Crippen molar-refractivity contribution in [3.63, 3.8) is 0 Å². The minimum atomic E-state index is -2.70. The van der Waals surface area contributed by atoms with Crippen molar-refractivity contribution in [2.45, 2.75) is 60.0 Å². The van der Waals surface area contributed by atoms with Crippen LogP contribution >= 0.6 is 0 Å². The summed E-state index contributed by atoms with van der Waals surface area (Å²) < 4.78 is 5.26. The number of aryl methyl sites for hydroxylation is 1. The van der Waals surface area contributed by atoms with Crippen LogP contribution < -0.4 is 0 Å². The molecule has 0 aliphatic heterocycles. The smallest absolute Gasteiger partial charge is 0.190 e. The molecule has 6 atom stereocenters. The highest BCUT2D eigenvalue weighted by Crippen LogP contribution is 2.64. The molecule has 0 spiro atoms. The Morgan fingerprint density at radius 3 is 2.34 bits per heavy atom. The maximum Gasteiger partial charge on any atom is 0.190 e. The molecular formula is C30H32O8. The Hall–Kier alpha value is -3.39. The first-order valence-corrected chi connectivity index (χ1v) is 12.9. The van der Waals surface area contributed by atoms with Crippen LogP contribution in [-0.4, -0.2) is 44.7 Å². The summed E-state index contributed by atoms with van der Waals surface area (Å²) in [7, 11) is 0. The topological polar surface area (TPSA) is 139 Å². The molecule has 5 rings (SSSR count). The Kier molecular flexibility index (Phi) is 5.56. The van der Waals surface area contributed by atoms with Gasteiger partial charge in [-0.1, -0.05) is 27.7 Å². The Morgan fingerprint density at radius 1 is 1.13 bits per heavy atom. The molecule has 8 nitrogen and oxygen atoms in total. The Labute approximate surface area is 220 Å². The van der Waals surface area contributed by atoms with Crippen molar-refractivity contribution in [2.75, 3.05) is 0 Å². The minimum absolute atomic E-state index is 0.00732. The molecule has 2 saturated carbocycles. The predicted molar refractivity (Wildman–Crippen MR) is 135 cm³/mol. The van der Waals surface area contributed by atoms with Crippen molar-refractivity contribution in [1.29, 1.82) is 0 Å². The Balaban J connectivity index is 1.77. The van der Waals surface area contributed by atoms with Crippen molar-refractivity contribution in [1.82, 2.24) is 0 Å². The van der Waals surface area contributed by atoms with Crippen LogP contribution in [0.25, 0.3) is 11.1 Å². The largest absolute Gasteiger partial charge is 0.507 e. The van der Waals surface area contributed by atoms with E-state index >= 15 is 0 Å². The number of hydrogen-bond acceptors (Lipinski definition) is 8. The van der Waals surface area contributed by atoms with E-state index < -0.39 is 63.1 Å². The lowest BCUT2D eigenvalue weighted by Gasteiger charge is -2.62. The second-order valence-corrected chi connectivity index (χ2v) is 12.3. The van der Waals surface area contributed by atoms with E-state index in [1.54, 1.807) is 46.8 Å². The van der Waals surface area contributed by atoms with Crippen LogP contribution in [-0.2, 0) is 25.6 Å². The number of aliphatic hydroxyl groups is 1. The quantitative estimate of drug-likeness (QED) is 0.585. The van der Waals surface area contributed by atoms with E-state index in [-0.39, 0.29) is 30.1 Å². The van der Waals surface area contributed by atoms with Gasteiger partial charge in [-0.3, -0.25) is 24.0 Å². The van der Waals surface area contributed by atoms with Crippen LogP contribution in [0.15, 0.2) is 29.1 Å². The Bertz CT molecular complexity index is 1430. The van der Waals surface area contributed by atoms with Crippen molar-refractivity contribution < 1.29 is 38.6 Å². The zero-order chi connectivity index (χ0) is 28.1. The molecule has 2 fully saturated rings. The summed E-state index contributed by atoms with van der Waals surface area (Å²) in [5, 5.41) is 23.0. The number of furan rings is 1. The molecule has 38 heavy (non-hydrogen) atoms. The number of fused-ring (bicyclic) bond motifs is 3. The van der Waals surface area contributed by atoms with Crippen LogP contribution in [0.4, 0.5) is 0 Å². The van der Waals surface area contributed by atoms with Crippen molar-refractivity contribution in [2.24, 2.45) is 34.5 Å². The molecule has 0 bridgehead atoms. The molecule has 1 heterocycles. The van der Waals surface area contributed by atoms with E-state index in [0.29, 0.717) is 22.3 Å². The molecule has 3 unspecified atom stereocenters. The molecule has 0 saturated heterocycles. The fraction of sp³-hybridized carbons (Fsp3) is 0.500. The third-order valence-electron chi connectivity index (χ3n) is 9.40. The second kappa shape index (κ2) is 8.06. The number of rotatable bonds is 3. The fourth-order valence-corrected chi connectivity index (χ4v) is 8.01. The summed E-state index contributed by atoms with van der Waals surface area (Å²) in [6, 6.07) is 3.51. The molecule has 8 heteroatoms. The number of carbonyl (C=O) groups excluding carboxylic acids is 5. The third kappa shape index (κ3) is 3.04. The number of hydrogen-bond donors (Lipinski definition) is 2. The zero-order valence-corrected chi connectivity index (χ0v) is 22.4. The molecule has 200 valence electrons. The number of phenols is 1. The predicted octanol–water partition coefficient (Wildman–Crippen LogP) is 3.66. The van der Waals surface area contributed by atoms with Gasteiger partial charge in [-0.2, -0.15) is 0 Å². The summed E-state index contributed by atoms with van der Waals surface area (Å²) in [6.45, 7) is 9.60. The maximum absolute atomic E-state index is 14.3.